The number of rotatable bonds is 8. The summed E-state index contributed by atoms with van der Waals surface area (Å²) < 4.78 is 0. The van der Waals surface area contributed by atoms with Gasteiger partial charge in [0.25, 0.3) is 0 Å². The predicted molar refractivity (Wildman–Crippen MR) is 85.6 cm³/mol. The van der Waals surface area contributed by atoms with Gasteiger partial charge in [-0.15, -0.1) is 24.8 Å². The third-order valence-corrected chi connectivity index (χ3v) is 3.46. The van der Waals surface area contributed by atoms with Crippen LogP contribution in [0.1, 0.15) is 39.5 Å². The zero-order valence-corrected chi connectivity index (χ0v) is 13.7. The molecule has 1 rings (SSSR count). The highest BCUT2D eigenvalue weighted by Crippen LogP contribution is 2.07. The van der Waals surface area contributed by atoms with Crippen molar-refractivity contribution in [3.05, 3.63) is 0 Å². The Morgan fingerprint density at radius 2 is 2.00 bits per heavy atom. The van der Waals surface area contributed by atoms with Gasteiger partial charge >= 0.3 is 0 Å². The van der Waals surface area contributed by atoms with Crippen LogP contribution in [0.5, 0.6) is 0 Å². The third-order valence-electron chi connectivity index (χ3n) is 3.46. The van der Waals surface area contributed by atoms with Crippen molar-refractivity contribution in [3.8, 4) is 0 Å². The molecule has 1 amide bonds. The summed E-state index contributed by atoms with van der Waals surface area (Å²) in [6, 6.07) is 0.415. The lowest BCUT2D eigenvalue weighted by Crippen LogP contribution is -2.33. The number of halogens is 2. The largest absolute Gasteiger partial charge is 0.356 e. The van der Waals surface area contributed by atoms with Crippen LogP contribution >= 0.6 is 24.8 Å². The van der Waals surface area contributed by atoms with Gasteiger partial charge in [-0.05, 0) is 45.4 Å². The summed E-state index contributed by atoms with van der Waals surface area (Å²) in [5.41, 5.74) is 0. The van der Waals surface area contributed by atoms with Gasteiger partial charge in [-0.25, -0.2) is 0 Å². The van der Waals surface area contributed by atoms with E-state index in [0.717, 1.165) is 45.6 Å². The average Bonchev–Trinajstić information content (AvgIpc) is 2.82. The average molecular weight is 314 g/mol. The fraction of sp³-hybridized carbons (Fsp3) is 0.923. The molecule has 4 nitrogen and oxygen atoms in total. The Hall–Kier alpha value is -0.0300. The summed E-state index contributed by atoms with van der Waals surface area (Å²) in [6.45, 7) is 9.49. The van der Waals surface area contributed by atoms with Crippen molar-refractivity contribution >= 4 is 30.7 Å². The van der Waals surface area contributed by atoms with Crippen LogP contribution in [0, 0.1) is 0 Å². The highest BCUT2D eigenvalue weighted by Gasteiger charge is 2.16. The molecule has 0 aliphatic carbocycles. The number of hydrogen-bond donors (Lipinski definition) is 2. The Morgan fingerprint density at radius 1 is 1.32 bits per heavy atom. The fourth-order valence-electron chi connectivity index (χ4n) is 2.30. The molecule has 0 saturated carbocycles. The number of hydrogen-bond acceptors (Lipinski definition) is 3. The number of carbonyl (C=O) groups excluding carboxylic acids is 1. The second-order valence-corrected chi connectivity index (χ2v) is 4.73. The highest BCUT2D eigenvalue weighted by molar-refractivity contribution is 5.85. The summed E-state index contributed by atoms with van der Waals surface area (Å²) >= 11 is 0. The molecule has 1 saturated heterocycles. The Morgan fingerprint density at radius 3 is 2.53 bits per heavy atom. The number of nitrogens with one attached hydrogen (secondary N) is 2. The van der Waals surface area contributed by atoms with Gasteiger partial charge in [0.1, 0.15) is 0 Å². The van der Waals surface area contributed by atoms with E-state index in [4.69, 9.17) is 0 Å². The Kier molecular flexibility index (Phi) is 14.5. The van der Waals surface area contributed by atoms with E-state index in [0.29, 0.717) is 12.5 Å². The maximum atomic E-state index is 11.6. The molecular formula is C13H29Cl2N3O. The molecule has 1 fully saturated rings. The first-order chi connectivity index (χ1) is 8.26. The summed E-state index contributed by atoms with van der Waals surface area (Å²) in [5.74, 6) is 0.198. The first kappa shape index (κ1) is 21.3. The standard InChI is InChI=1S/C13H27N3O.2ClH/c1-3-16(4-2)10-6-9-15-13(17)11-12-7-5-8-14-12;;/h12,14H,3-11H2,1-2H3,(H,15,17);2*1H. The van der Waals surface area contributed by atoms with Gasteiger partial charge in [-0.1, -0.05) is 13.8 Å². The monoisotopic (exact) mass is 313 g/mol. The molecule has 0 aromatic rings. The minimum absolute atomic E-state index is 0. The zero-order valence-electron chi connectivity index (χ0n) is 12.1. The zero-order chi connectivity index (χ0) is 12.5. The molecule has 6 heteroatoms. The topological polar surface area (TPSA) is 44.4 Å². The minimum Gasteiger partial charge on any atom is -0.356 e. The molecule has 1 heterocycles. The van der Waals surface area contributed by atoms with E-state index in [1.54, 1.807) is 0 Å². The van der Waals surface area contributed by atoms with E-state index in [9.17, 15) is 4.79 Å². The SMILES string of the molecule is CCN(CC)CCCNC(=O)CC1CCCN1.Cl.Cl. The first-order valence-electron chi connectivity index (χ1n) is 6.98. The normalized spacial score (nSPS) is 17.7. The van der Waals surface area contributed by atoms with Crippen LogP contribution in [0.15, 0.2) is 0 Å². The van der Waals surface area contributed by atoms with Gasteiger partial charge in [-0.3, -0.25) is 4.79 Å². The van der Waals surface area contributed by atoms with Gasteiger partial charge < -0.3 is 15.5 Å². The van der Waals surface area contributed by atoms with Crippen LogP contribution < -0.4 is 10.6 Å². The van der Waals surface area contributed by atoms with E-state index in [2.05, 4.69) is 29.4 Å². The van der Waals surface area contributed by atoms with Crippen molar-refractivity contribution in [1.29, 1.82) is 0 Å². The van der Waals surface area contributed by atoms with E-state index in [1.807, 2.05) is 0 Å². The molecule has 116 valence electrons. The van der Waals surface area contributed by atoms with Gasteiger partial charge in [0.15, 0.2) is 0 Å². The molecule has 0 bridgehead atoms. The second-order valence-electron chi connectivity index (χ2n) is 4.73. The van der Waals surface area contributed by atoms with Crippen molar-refractivity contribution in [2.24, 2.45) is 0 Å². The predicted octanol–water partition coefficient (Wildman–Crippen LogP) is 1.82. The van der Waals surface area contributed by atoms with Crippen molar-refractivity contribution in [1.82, 2.24) is 15.5 Å². The molecule has 0 radical (unpaired) electrons. The van der Waals surface area contributed by atoms with Crippen LogP contribution in [0.3, 0.4) is 0 Å². The summed E-state index contributed by atoms with van der Waals surface area (Å²) in [7, 11) is 0. The van der Waals surface area contributed by atoms with Gasteiger partial charge in [0, 0.05) is 19.0 Å². The number of amides is 1. The molecule has 19 heavy (non-hydrogen) atoms. The van der Waals surface area contributed by atoms with E-state index >= 15 is 0 Å². The summed E-state index contributed by atoms with van der Waals surface area (Å²) in [6.07, 6.45) is 4.05. The lowest BCUT2D eigenvalue weighted by molar-refractivity contribution is -0.121. The van der Waals surface area contributed by atoms with Crippen molar-refractivity contribution < 1.29 is 4.79 Å². The minimum atomic E-state index is 0. The Bertz CT molecular complexity index is 220. The summed E-state index contributed by atoms with van der Waals surface area (Å²) in [5, 5.41) is 6.35. The molecular weight excluding hydrogens is 285 g/mol. The third kappa shape index (κ3) is 9.50. The van der Waals surface area contributed by atoms with Crippen LogP contribution in [-0.2, 0) is 4.79 Å². The van der Waals surface area contributed by atoms with Crippen molar-refractivity contribution in [3.63, 3.8) is 0 Å². The second kappa shape index (κ2) is 13.0. The highest BCUT2D eigenvalue weighted by atomic mass is 35.5. The molecule has 0 aromatic heterocycles. The Balaban J connectivity index is 0. The molecule has 2 N–H and O–H groups in total. The van der Waals surface area contributed by atoms with Crippen LogP contribution in [-0.4, -0.2) is 49.6 Å². The lowest BCUT2D eigenvalue weighted by atomic mass is 10.1. The Labute approximate surface area is 129 Å². The number of nitrogens with zero attached hydrogens (tertiary/aromatic N) is 1. The van der Waals surface area contributed by atoms with E-state index < -0.39 is 0 Å². The van der Waals surface area contributed by atoms with Crippen LogP contribution in [0.25, 0.3) is 0 Å². The first-order valence-corrected chi connectivity index (χ1v) is 6.98. The smallest absolute Gasteiger partial charge is 0.221 e. The number of carbonyl (C=O) groups is 1. The van der Waals surface area contributed by atoms with Crippen LogP contribution in [0.2, 0.25) is 0 Å². The maximum absolute atomic E-state index is 11.6. The van der Waals surface area contributed by atoms with Gasteiger partial charge in [0.2, 0.25) is 5.91 Å². The molecule has 0 spiro atoms. The molecule has 0 aromatic carbocycles. The van der Waals surface area contributed by atoms with Crippen LogP contribution in [0.4, 0.5) is 0 Å². The molecule has 1 aliphatic heterocycles. The molecule has 1 atom stereocenters. The lowest BCUT2D eigenvalue weighted by Gasteiger charge is -2.18. The van der Waals surface area contributed by atoms with Crippen molar-refractivity contribution in [2.45, 2.75) is 45.6 Å². The van der Waals surface area contributed by atoms with E-state index in [-0.39, 0.29) is 30.7 Å². The van der Waals surface area contributed by atoms with E-state index in [1.165, 1.54) is 6.42 Å². The van der Waals surface area contributed by atoms with Crippen molar-refractivity contribution in [2.75, 3.05) is 32.7 Å². The quantitative estimate of drug-likeness (QED) is 0.672. The summed E-state index contributed by atoms with van der Waals surface area (Å²) in [4.78, 5) is 14.0. The van der Waals surface area contributed by atoms with Gasteiger partial charge in [-0.2, -0.15) is 0 Å². The fourth-order valence-corrected chi connectivity index (χ4v) is 2.30. The maximum Gasteiger partial charge on any atom is 0.221 e. The molecule has 1 aliphatic rings. The van der Waals surface area contributed by atoms with Gasteiger partial charge in [0.05, 0.1) is 0 Å². The molecule has 1 unspecified atom stereocenters.